The number of benzene rings is 1. The van der Waals surface area contributed by atoms with Gasteiger partial charge < -0.3 is 4.42 Å². The Labute approximate surface area is 117 Å². The summed E-state index contributed by atoms with van der Waals surface area (Å²) >= 11 is 0. The van der Waals surface area contributed by atoms with Crippen molar-refractivity contribution in [2.24, 2.45) is 5.92 Å². The van der Waals surface area contributed by atoms with Gasteiger partial charge in [-0.15, -0.1) is 0 Å². The molecule has 20 heavy (non-hydrogen) atoms. The highest BCUT2D eigenvalue weighted by Crippen LogP contribution is 2.42. The molecule has 1 unspecified atom stereocenters. The molecule has 0 saturated heterocycles. The van der Waals surface area contributed by atoms with Gasteiger partial charge in [0.1, 0.15) is 17.2 Å². The van der Waals surface area contributed by atoms with Gasteiger partial charge in [0.15, 0.2) is 4.75 Å². The number of halogens is 1. The number of aryl methyl sites for hydroxylation is 1. The lowest BCUT2D eigenvalue weighted by atomic mass is 9.91. The smallest absolute Gasteiger partial charge is 0.278 e. The predicted molar refractivity (Wildman–Crippen MR) is 74.6 cm³/mol. The average molecular weight is 300 g/mol. The lowest BCUT2D eigenvalue weighted by Gasteiger charge is -2.28. The summed E-state index contributed by atoms with van der Waals surface area (Å²) in [5, 5.41) is 0.510. The van der Waals surface area contributed by atoms with Gasteiger partial charge in [-0.2, -0.15) is 8.42 Å². The van der Waals surface area contributed by atoms with Crippen molar-refractivity contribution in [2.45, 2.75) is 32.4 Å². The van der Waals surface area contributed by atoms with Crippen molar-refractivity contribution in [3.63, 3.8) is 0 Å². The minimum atomic E-state index is -4.38. The van der Waals surface area contributed by atoms with Crippen molar-refractivity contribution in [1.82, 2.24) is 0 Å². The first kappa shape index (κ1) is 15.0. The van der Waals surface area contributed by atoms with E-state index >= 15 is 0 Å². The van der Waals surface area contributed by atoms with E-state index in [1.54, 1.807) is 20.8 Å². The Hall–Kier alpha value is -1.40. The quantitative estimate of drug-likeness (QED) is 0.879. The van der Waals surface area contributed by atoms with Crippen LogP contribution in [-0.2, 0) is 14.9 Å². The molecule has 2 aromatic rings. The van der Waals surface area contributed by atoms with Crippen LogP contribution in [0.2, 0.25) is 0 Å². The van der Waals surface area contributed by atoms with Gasteiger partial charge in [-0.3, -0.25) is 4.55 Å². The first-order chi connectivity index (χ1) is 9.09. The van der Waals surface area contributed by atoms with E-state index in [2.05, 4.69) is 0 Å². The molecule has 0 aliphatic rings. The zero-order valence-electron chi connectivity index (χ0n) is 11.8. The second kappa shape index (κ2) is 4.56. The second-order valence-electron chi connectivity index (χ2n) is 5.43. The fourth-order valence-electron chi connectivity index (χ4n) is 2.34. The van der Waals surface area contributed by atoms with E-state index in [9.17, 15) is 17.4 Å². The molecule has 0 amide bonds. The van der Waals surface area contributed by atoms with E-state index in [0.717, 1.165) is 0 Å². The van der Waals surface area contributed by atoms with Gasteiger partial charge in [-0.25, -0.2) is 4.39 Å². The average Bonchev–Trinajstić information content (AvgIpc) is 2.64. The first-order valence-electron chi connectivity index (χ1n) is 6.25. The minimum Gasteiger partial charge on any atom is -0.459 e. The molecule has 0 radical (unpaired) electrons. The maximum atomic E-state index is 13.3. The third-order valence-electron chi connectivity index (χ3n) is 3.99. The van der Waals surface area contributed by atoms with E-state index in [1.807, 2.05) is 0 Å². The van der Waals surface area contributed by atoms with Crippen molar-refractivity contribution >= 4 is 21.1 Å². The Kier molecular flexibility index (Phi) is 3.42. The van der Waals surface area contributed by atoms with Crippen molar-refractivity contribution < 1.29 is 21.8 Å². The molecule has 1 N–H and O–H groups in total. The molecule has 0 saturated carbocycles. The normalized spacial score (nSPS) is 15.8. The lowest BCUT2D eigenvalue weighted by Crippen LogP contribution is -2.37. The highest BCUT2D eigenvalue weighted by Gasteiger charge is 2.47. The van der Waals surface area contributed by atoms with Gasteiger partial charge in [0.05, 0.1) is 0 Å². The Balaban J connectivity index is 2.83. The summed E-state index contributed by atoms with van der Waals surface area (Å²) < 4.78 is 50.6. The maximum Gasteiger partial charge on any atom is 0.278 e. The second-order valence-corrected chi connectivity index (χ2v) is 7.23. The topological polar surface area (TPSA) is 67.5 Å². The number of furan rings is 1. The molecule has 2 rings (SSSR count). The standard InChI is InChI=1S/C14H17FO4S/c1-8(2)14(4,20(16,17)18)13-9(3)11-7-10(15)5-6-12(11)19-13/h5-8H,1-4H3,(H,16,17,18). The number of hydrogen-bond acceptors (Lipinski definition) is 3. The van der Waals surface area contributed by atoms with Gasteiger partial charge in [0.2, 0.25) is 0 Å². The van der Waals surface area contributed by atoms with Crippen LogP contribution in [0.5, 0.6) is 0 Å². The van der Waals surface area contributed by atoms with E-state index in [0.29, 0.717) is 16.5 Å². The SMILES string of the molecule is Cc1c(C(C)(C(C)C)S(=O)(=O)O)oc2ccc(F)cc12. The van der Waals surface area contributed by atoms with Crippen LogP contribution in [0.1, 0.15) is 32.1 Å². The summed E-state index contributed by atoms with van der Waals surface area (Å²) in [4.78, 5) is 0. The van der Waals surface area contributed by atoms with E-state index in [1.165, 1.54) is 25.1 Å². The first-order valence-corrected chi connectivity index (χ1v) is 7.69. The van der Waals surface area contributed by atoms with Gasteiger partial charge in [-0.1, -0.05) is 13.8 Å². The summed E-state index contributed by atoms with van der Waals surface area (Å²) in [6, 6.07) is 3.99. The molecule has 0 bridgehead atoms. The molecule has 1 aromatic heterocycles. The predicted octanol–water partition coefficient (Wildman–Crippen LogP) is 3.64. The molecule has 0 aliphatic heterocycles. The van der Waals surface area contributed by atoms with E-state index < -0.39 is 26.6 Å². The molecule has 0 fully saturated rings. The largest absolute Gasteiger partial charge is 0.459 e. The number of fused-ring (bicyclic) bond motifs is 1. The van der Waals surface area contributed by atoms with Crippen molar-refractivity contribution in [1.29, 1.82) is 0 Å². The van der Waals surface area contributed by atoms with Gasteiger partial charge >= 0.3 is 0 Å². The van der Waals surface area contributed by atoms with Crippen LogP contribution in [0.15, 0.2) is 22.6 Å². The van der Waals surface area contributed by atoms with Crippen LogP contribution in [0.25, 0.3) is 11.0 Å². The van der Waals surface area contributed by atoms with Crippen LogP contribution < -0.4 is 0 Å². The van der Waals surface area contributed by atoms with E-state index in [-0.39, 0.29) is 5.76 Å². The van der Waals surface area contributed by atoms with Gasteiger partial charge in [0.25, 0.3) is 10.1 Å². The molecule has 1 atom stereocenters. The van der Waals surface area contributed by atoms with Crippen LogP contribution in [-0.4, -0.2) is 13.0 Å². The molecular formula is C14H17FO4S. The molecule has 0 spiro atoms. The zero-order valence-corrected chi connectivity index (χ0v) is 12.6. The fourth-order valence-corrected chi connectivity index (χ4v) is 3.37. The minimum absolute atomic E-state index is 0.149. The summed E-state index contributed by atoms with van der Waals surface area (Å²) in [6.07, 6.45) is 0. The van der Waals surface area contributed by atoms with Crippen LogP contribution in [0, 0.1) is 18.7 Å². The lowest BCUT2D eigenvalue weighted by molar-refractivity contribution is 0.335. The highest BCUT2D eigenvalue weighted by molar-refractivity contribution is 7.86. The summed E-state index contributed by atoms with van der Waals surface area (Å²) in [6.45, 7) is 6.43. The summed E-state index contributed by atoms with van der Waals surface area (Å²) in [7, 11) is -4.38. The Morgan fingerprint density at radius 2 is 1.95 bits per heavy atom. The molecule has 1 heterocycles. The number of hydrogen-bond donors (Lipinski definition) is 1. The van der Waals surface area contributed by atoms with Crippen molar-refractivity contribution in [3.05, 3.63) is 35.3 Å². The molecule has 6 heteroatoms. The van der Waals surface area contributed by atoms with Gasteiger partial charge in [-0.05, 0) is 38.0 Å². The third-order valence-corrected chi connectivity index (χ3v) is 5.72. The van der Waals surface area contributed by atoms with E-state index in [4.69, 9.17) is 4.42 Å². The van der Waals surface area contributed by atoms with Crippen LogP contribution in [0.3, 0.4) is 0 Å². The molecule has 1 aromatic carbocycles. The third kappa shape index (κ3) is 2.03. The van der Waals surface area contributed by atoms with Crippen molar-refractivity contribution in [2.75, 3.05) is 0 Å². The zero-order chi connectivity index (χ0) is 15.3. The van der Waals surface area contributed by atoms with Crippen LogP contribution >= 0.6 is 0 Å². The summed E-state index contributed by atoms with van der Waals surface area (Å²) in [5.41, 5.74) is 0.919. The number of rotatable bonds is 3. The fraction of sp³-hybridized carbons (Fsp3) is 0.429. The molecule has 110 valence electrons. The maximum absolute atomic E-state index is 13.3. The summed E-state index contributed by atoms with van der Waals surface area (Å²) in [5.74, 6) is -0.691. The Morgan fingerprint density at radius 3 is 2.45 bits per heavy atom. The molecular weight excluding hydrogens is 283 g/mol. The molecule has 4 nitrogen and oxygen atoms in total. The highest BCUT2D eigenvalue weighted by atomic mass is 32.2. The van der Waals surface area contributed by atoms with Crippen molar-refractivity contribution in [3.8, 4) is 0 Å². The monoisotopic (exact) mass is 300 g/mol. The Bertz CT molecular complexity index is 761. The molecule has 0 aliphatic carbocycles. The van der Waals surface area contributed by atoms with Gasteiger partial charge in [0, 0.05) is 10.9 Å². The Morgan fingerprint density at radius 1 is 1.35 bits per heavy atom. The van der Waals surface area contributed by atoms with Crippen LogP contribution in [0.4, 0.5) is 4.39 Å².